The molecule has 0 fully saturated rings. The van der Waals surface area contributed by atoms with E-state index in [1.165, 1.54) is 18.2 Å². The lowest BCUT2D eigenvalue weighted by atomic mass is 10.1. The molecule has 4 nitrogen and oxygen atoms in total. The van der Waals surface area contributed by atoms with Crippen LogP contribution >= 0.6 is 0 Å². The molecular formula is C16H14FNO3. The number of rotatable bonds is 5. The highest BCUT2D eigenvalue weighted by Gasteiger charge is 2.22. The lowest BCUT2D eigenvalue weighted by molar-refractivity contribution is -0.154. The fraction of sp³-hybridized carbons (Fsp3) is 0.125. The number of nitrogens with two attached hydrogens (primary N) is 1. The Morgan fingerprint density at radius 2 is 1.67 bits per heavy atom. The Bertz CT molecular complexity index is 643. The smallest absolute Gasteiger partial charge is 0.311 e. The highest BCUT2D eigenvalue weighted by Crippen LogP contribution is 2.18. The van der Waals surface area contributed by atoms with Crippen molar-refractivity contribution in [2.75, 3.05) is 0 Å². The average Bonchev–Trinajstić information content (AvgIpc) is 2.48. The summed E-state index contributed by atoms with van der Waals surface area (Å²) in [4.78, 5) is 23.3. The second kappa shape index (κ2) is 6.65. The Balaban J connectivity index is 2.10. The van der Waals surface area contributed by atoms with E-state index < -0.39 is 23.8 Å². The van der Waals surface area contributed by atoms with E-state index in [0.717, 1.165) is 0 Å². The summed E-state index contributed by atoms with van der Waals surface area (Å²) in [7, 11) is 0. The summed E-state index contributed by atoms with van der Waals surface area (Å²) in [5, 5.41) is 0. The van der Waals surface area contributed by atoms with Crippen LogP contribution in [0.15, 0.2) is 54.6 Å². The number of hydrogen-bond acceptors (Lipinski definition) is 3. The monoisotopic (exact) mass is 287 g/mol. The number of halogens is 1. The zero-order chi connectivity index (χ0) is 15.2. The van der Waals surface area contributed by atoms with Crippen molar-refractivity contribution >= 4 is 11.9 Å². The Morgan fingerprint density at radius 1 is 1.05 bits per heavy atom. The maximum absolute atomic E-state index is 13.5. The molecule has 0 saturated heterocycles. The molecule has 0 bridgehead atoms. The van der Waals surface area contributed by atoms with Crippen molar-refractivity contribution in [2.45, 2.75) is 12.5 Å². The maximum Gasteiger partial charge on any atom is 0.311 e. The molecule has 1 atom stereocenters. The molecule has 0 aliphatic rings. The lowest BCUT2D eigenvalue weighted by Gasteiger charge is -2.15. The van der Waals surface area contributed by atoms with Crippen molar-refractivity contribution in [2.24, 2.45) is 5.73 Å². The molecule has 0 spiro atoms. The molecule has 0 aliphatic carbocycles. The van der Waals surface area contributed by atoms with E-state index in [9.17, 15) is 14.0 Å². The third kappa shape index (κ3) is 3.89. The van der Waals surface area contributed by atoms with Crippen LogP contribution in [0.2, 0.25) is 0 Å². The number of ether oxygens (including phenoxy) is 1. The Kier molecular flexibility index (Phi) is 4.66. The first kappa shape index (κ1) is 14.7. The minimum atomic E-state index is -1.18. The second-order valence-corrected chi connectivity index (χ2v) is 4.45. The van der Waals surface area contributed by atoms with Gasteiger partial charge < -0.3 is 10.5 Å². The van der Waals surface area contributed by atoms with Gasteiger partial charge in [0.25, 0.3) is 5.91 Å². The van der Waals surface area contributed by atoms with E-state index in [0.29, 0.717) is 5.56 Å². The topological polar surface area (TPSA) is 69.4 Å². The number of benzene rings is 2. The van der Waals surface area contributed by atoms with Gasteiger partial charge in [0.2, 0.25) is 6.10 Å². The minimum Gasteiger partial charge on any atom is -0.447 e. The van der Waals surface area contributed by atoms with Gasteiger partial charge in [0, 0.05) is 5.56 Å². The van der Waals surface area contributed by atoms with Gasteiger partial charge in [-0.3, -0.25) is 9.59 Å². The van der Waals surface area contributed by atoms with Crippen LogP contribution in [0.4, 0.5) is 4.39 Å². The van der Waals surface area contributed by atoms with Crippen molar-refractivity contribution in [3.05, 3.63) is 71.5 Å². The molecule has 0 heterocycles. The van der Waals surface area contributed by atoms with Gasteiger partial charge in [-0.25, -0.2) is 4.39 Å². The van der Waals surface area contributed by atoms with Crippen molar-refractivity contribution in [1.29, 1.82) is 0 Å². The Labute approximate surface area is 121 Å². The number of carbonyl (C=O) groups is 2. The molecule has 2 aromatic carbocycles. The first-order valence-corrected chi connectivity index (χ1v) is 6.35. The standard InChI is InChI=1S/C16H14FNO3/c17-13-9-5-4-8-12(13)10-14(19)21-15(16(18)20)11-6-2-1-3-7-11/h1-9,15H,10H2,(H2,18,20). The second-order valence-electron chi connectivity index (χ2n) is 4.45. The molecule has 5 heteroatoms. The Hall–Kier alpha value is -2.69. The number of primary amides is 1. The van der Waals surface area contributed by atoms with Crippen LogP contribution in [0.1, 0.15) is 17.2 Å². The van der Waals surface area contributed by atoms with Crippen molar-refractivity contribution in [1.82, 2.24) is 0 Å². The normalized spacial score (nSPS) is 11.7. The van der Waals surface area contributed by atoms with Crippen LogP contribution in [-0.4, -0.2) is 11.9 Å². The molecule has 1 unspecified atom stereocenters. The van der Waals surface area contributed by atoms with Gasteiger partial charge in [-0.15, -0.1) is 0 Å². The molecule has 21 heavy (non-hydrogen) atoms. The van der Waals surface area contributed by atoms with Crippen LogP contribution in [0, 0.1) is 5.82 Å². The predicted octanol–water partition coefficient (Wildman–Crippen LogP) is 2.14. The fourth-order valence-electron chi connectivity index (χ4n) is 1.89. The van der Waals surface area contributed by atoms with E-state index in [-0.39, 0.29) is 12.0 Å². The number of esters is 1. The SMILES string of the molecule is NC(=O)C(OC(=O)Cc1ccccc1F)c1ccccc1. The third-order valence-corrected chi connectivity index (χ3v) is 2.90. The quantitative estimate of drug-likeness (QED) is 0.856. The third-order valence-electron chi connectivity index (χ3n) is 2.90. The van der Waals surface area contributed by atoms with Gasteiger partial charge in [0.15, 0.2) is 0 Å². The fourth-order valence-corrected chi connectivity index (χ4v) is 1.89. The molecule has 0 aliphatic heterocycles. The first-order valence-electron chi connectivity index (χ1n) is 6.35. The van der Waals surface area contributed by atoms with Crippen molar-refractivity contribution in [3.63, 3.8) is 0 Å². The van der Waals surface area contributed by atoms with E-state index in [2.05, 4.69) is 0 Å². The van der Waals surface area contributed by atoms with Crippen LogP contribution < -0.4 is 5.73 Å². The van der Waals surface area contributed by atoms with Gasteiger partial charge in [-0.2, -0.15) is 0 Å². The molecule has 0 saturated carbocycles. The average molecular weight is 287 g/mol. The van der Waals surface area contributed by atoms with Gasteiger partial charge in [-0.05, 0) is 11.6 Å². The number of carbonyl (C=O) groups excluding carboxylic acids is 2. The molecule has 1 amide bonds. The van der Waals surface area contributed by atoms with Crippen LogP contribution in [0.5, 0.6) is 0 Å². The molecule has 0 radical (unpaired) electrons. The van der Waals surface area contributed by atoms with Crippen LogP contribution in [0.25, 0.3) is 0 Å². The summed E-state index contributed by atoms with van der Waals surface area (Å²) in [5.41, 5.74) is 5.94. The molecule has 2 N–H and O–H groups in total. The predicted molar refractivity (Wildman–Crippen MR) is 74.6 cm³/mol. The Morgan fingerprint density at radius 3 is 2.29 bits per heavy atom. The largest absolute Gasteiger partial charge is 0.447 e. The molecule has 0 aromatic heterocycles. The highest BCUT2D eigenvalue weighted by atomic mass is 19.1. The summed E-state index contributed by atoms with van der Waals surface area (Å²) < 4.78 is 18.5. The summed E-state index contributed by atoms with van der Waals surface area (Å²) in [6.45, 7) is 0. The van der Waals surface area contributed by atoms with Crippen molar-refractivity contribution in [3.8, 4) is 0 Å². The minimum absolute atomic E-state index is 0.207. The highest BCUT2D eigenvalue weighted by molar-refractivity contribution is 5.84. The summed E-state index contributed by atoms with van der Waals surface area (Å²) >= 11 is 0. The lowest BCUT2D eigenvalue weighted by Crippen LogP contribution is -2.26. The van der Waals surface area contributed by atoms with Crippen LogP contribution in [0.3, 0.4) is 0 Å². The molecule has 2 aromatic rings. The summed E-state index contributed by atoms with van der Waals surface area (Å²) in [6.07, 6.45) is -1.44. The molecular weight excluding hydrogens is 273 g/mol. The van der Waals surface area contributed by atoms with E-state index in [1.807, 2.05) is 0 Å². The van der Waals surface area contributed by atoms with Crippen LogP contribution in [-0.2, 0) is 20.7 Å². The van der Waals surface area contributed by atoms with Gasteiger partial charge in [0.1, 0.15) is 5.82 Å². The number of hydrogen-bond donors (Lipinski definition) is 1. The first-order chi connectivity index (χ1) is 10.1. The van der Waals surface area contributed by atoms with E-state index >= 15 is 0 Å². The molecule has 2 rings (SSSR count). The maximum atomic E-state index is 13.5. The van der Waals surface area contributed by atoms with Crippen molar-refractivity contribution < 1.29 is 18.7 Å². The van der Waals surface area contributed by atoms with Gasteiger partial charge >= 0.3 is 5.97 Å². The zero-order valence-electron chi connectivity index (χ0n) is 11.2. The summed E-state index contributed by atoms with van der Waals surface area (Å²) in [5.74, 6) is -1.99. The van der Waals surface area contributed by atoms with Gasteiger partial charge in [-0.1, -0.05) is 48.5 Å². The summed E-state index contributed by atoms with van der Waals surface area (Å²) in [6, 6.07) is 14.3. The van der Waals surface area contributed by atoms with E-state index in [1.54, 1.807) is 36.4 Å². The van der Waals surface area contributed by atoms with E-state index in [4.69, 9.17) is 10.5 Å². The zero-order valence-corrected chi connectivity index (χ0v) is 11.2. The molecule has 108 valence electrons. The van der Waals surface area contributed by atoms with Gasteiger partial charge in [0.05, 0.1) is 6.42 Å². The number of amides is 1.